The normalized spacial score (nSPS) is 12.5. The number of benzene rings is 1. The molecular weight excluding hydrogens is 234 g/mol. The highest BCUT2D eigenvalue weighted by Gasteiger charge is 2.00. The Kier molecular flexibility index (Phi) is 4.21. The van der Waals surface area contributed by atoms with Crippen LogP contribution in [0.15, 0.2) is 28.7 Å². The number of nitrogens with one attached hydrogen (secondary N) is 1. The first-order valence-corrected chi connectivity index (χ1v) is 4.80. The van der Waals surface area contributed by atoms with Crippen LogP contribution in [0.25, 0.3) is 0 Å². The molecule has 0 saturated heterocycles. The number of rotatable bonds is 4. The Morgan fingerprint density at radius 2 is 1.92 bits per heavy atom. The van der Waals surface area contributed by atoms with Crippen molar-refractivity contribution in [2.24, 2.45) is 0 Å². The van der Waals surface area contributed by atoms with Crippen LogP contribution in [-0.4, -0.2) is 29.5 Å². The fourth-order valence-corrected chi connectivity index (χ4v) is 1.13. The maximum absolute atomic E-state index is 9.05. The molecule has 1 atom stereocenters. The van der Waals surface area contributed by atoms with E-state index in [1.54, 1.807) is 0 Å². The van der Waals surface area contributed by atoms with E-state index in [1.165, 1.54) is 0 Å². The average molecular weight is 246 g/mol. The molecule has 0 spiro atoms. The highest BCUT2D eigenvalue weighted by atomic mass is 79.9. The Morgan fingerprint density at radius 1 is 1.31 bits per heavy atom. The van der Waals surface area contributed by atoms with Gasteiger partial charge in [-0.1, -0.05) is 15.9 Å². The van der Waals surface area contributed by atoms with E-state index in [2.05, 4.69) is 21.2 Å². The monoisotopic (exact) mass is 245 g/mol. The number of halogens is 1. The summed E-state index contributed by atoms with van der Waals surface area (Å²) in [7, 11) is 0. The third-order valence-corrected chi connectivity index (χ3v) is 2.13. The zero-order chi connectivity index (χ0) is 9.68. The van der Waals surface area contributed by atoms with Crippen LogP contribution >= 0.6 is 15.9 Å². The van der Waals surface area contributed by atoms with E-state index in [9.17, 15) is 0 Å². The first kappa shape index (κ1) is 10.5. The minimum absolute atomic E-state index is 0.219. The molecule has 1 aromatic rings. The summed E-state index contributed by atoms with van der Waals surface area (Å²) in [5.74, 6) is 0. The van der Waals surface area contributed by atoms with Gasteiger partial charge in [0.25, 0.3) is 0 Å². The van der Waals surface area contributed by atoms with Crippen LogP contribution < -0.4 is 5.32 Å². The Morgan fingerprint density at radius 3 is 2.46 bits per heavy atom. The number of hydrogen-bond donors (Lipinski definition) is 3. The number of aliphatic hydroxyl groups excluding tert-OH is 2. The van der Waals surface area contributed by atoms with Gasteiger partial charge >= 0.3 is 0 Å². The van der Waals surface area contributed by atoms with Gasteiger partial charge in [-0.25, -0.2) is 0 Å². The van der Waals surface area contributed by atoms with Crippen molar-refractivity contribution in [1.29, 1.82) is 0 Å². The highest BCUT2D eigenvalue weighted by Crippen LogP contribution is 2.13. The largest absolute Gasteiger partial charge is 0.394 e. The van der Waals surface area contributed by atoms with Crippen LogP contribution in [0.5, 0.6) is 0 Å². The van der Waals surface area contributed by atoms with E-state index in [-0.39, 0.29) is 6.61 Å². The summed E-state index contributed by atoms with van der Waals surface area (Å²) in [5.41, 5.74) is 0.927. The van der Waals surface area contributed by atoms with Crippen LogP contribution in [0.1, 0.15) is 0 Å². The molecule has 3 nitrogen and oxygen atoms in total. The zero-order valence-electron chi connectivity index (χ0n) is 7.07. The van der Waals surface area contributed by atoms with Gasteiger partial charge in [0, 0.05) is 16.7 Å². The smallest absolute Gasteiger partial charge is 0.0942 e. The van der Waals surface area contributed by atoms with Crippen molar-refractivity contribution in [3.8, 4) is 0 Å². The van der Waals surface area contributed by atoms with Crippen molar-refractivity contribution >= 4 is 21.6 Å². The Hall–Kier alpha value is -0.580. The van der Waals surface area contributed by atoms with Gasteiger partial charge in [0.15, 0.2) is 0 Å². The fraction of sp³-hybridized carbons (Fsp3) is 0.333. The second-order valence-corrected chi connectivity index (χ2v) is 3.64. The first-order valence-electron chi connectivity index (χ1n) is 4.00. The van der Waals surface area contributed by atoms with Crippen LogP contribution in [0, 0.1) is 0 Å². The van der Waals surface area contributed by atoms with Crippen molar-refractivity contribution in [2.45, 2.75) is 6.10 Å². The summed E-state index contributed by atoms with van der Waals surface area (Å²) in [5, 5.41) is 20.6. The molecular formula is C9H12BrNO2. The maximum Gasteiger partial charge on any atom is 0.0942 e. The minimum Gasteiger partial charge on any atom is -0.394 e. The predicted octanol–water partition coefficient (Wildman–Crippen LogP) is 1.21. The lowest BCUT2D eigenvalue weighted by Crippen LogP contribution is -2.22. The van der Waals surface area contributed by atoms with Crippen LogP contribution in [-0.2, 0) is 0 Å². The number of hydrogen-bond acceptors (Lipinski definition) is 3. The molecule has 0 radical (unpaired) electrons. The van der Waals surface area contributed by atoms with Gasteiger partial charge in [-0.15, -0.1) is 0 Å². The minimum atomic E-state index is -0.705. The third-order valence-electron chi connectivity index (χ3n) is 1.60. The molecule has 0 aliphatic rings. The summed E-state index contributed by atoms with van der Waals surface area (Å²) in [6.45, 7) is 0.141. The van der Waals surface area contributed by atoms with Crippen molar-refractivity contribution in [2.75, 3.05) is 18.5 Å². The van der Waals surface area contributed by atoms with Crippen LogP contribution in [0.3, 0.4) is 0 Å². The van der Waals surface area contributed by atoms with Gasteiger partial charge < -0.3 is 15.5 Å². The van der Waals surface area contributed by atoms with Gasteiger partial charge in [0.2, 0.25) is 0 Å². The first-order chi connectivity index (χ1) is 6.22. The topological polar surface area (TPSA) is 52.5 Å². The molecule has 0 heterocycles. The second kappa shape index (κ2) is 5.21. The molecule has 0 aliphatic carbocycles. The lowest BCUT2D eigenvalue weighted by molar-refractivity contribution is 0.105. The summed E-state index contributed by atoms with van der Waals surface area (Å²) in [4.78, 5) is 0. The van der Waals surface area contributed by atoms with Gasteiger partial charge in [0.05, 0.1) is 12.7 Å². The van der Waals surface area contributed by atoms with Gasteiger partial charge in [-0.2, -0.15) is 0 Å². The fourth-order valence-electron chi connectivity index (χ4n) is 0.868. The van der Waals surface area contributed by atoms with Gasteiger partial charge in [-0.05, 0) is 24.3 Å². The number of aliphatic hydroxyl groups is 2. The third kappa shape index (κ3) is 3.76. The van der Waals surface area contributed by atoms with Gasteiger partial charge in [0.1, 0.15) is 0 Å². The van der Waals surface area contributed by atoms with Crippen LogP contribution in [0.2, 0.25) is 0 Å². The Bertz CT molecular complexity index is 250. The summed E-state index contributed by atoms with van der Waals surface area (Å²) in [6, 6.07) is 7.61. The molecule has 4 heteroatoms. The molecule has 0 saturated carbocycles. The van der Waals surface area contributed by atoms with Crippen molar-refractivity contribution in [1.82, 2.24) is 0 Å². The van der Waals surface area contributed by atoms with Gasteiger partial charge in [-0.3, -0.25) is 0 Å². The molecule has 1 aromatic carbocycles. The maximum atomic E-state index is 9.05. The predicted molar refractivity (Wildman–Crippen MR) is 55.7 cm³/mol. The molecule has 0 bridgehead atoms. The molecule has 72 valence electrons. The Labute approximate surface area is 85.5 Å². The Balaban J connectivity index is 2.41. The molecule has 0 amide bonds. The summed E-state index contributed by atoms with van der Waals surface area (Å²) in [6.07, 6.45) is -0.705. The average Bonchev–Trinajstić information content (AvgIpc) is 2.16. The SMILES string of the molecule is OCC(O)CNc1ccc(Br)cc1. The molecule has 1 unspecified atom stereocenters. The van der Waals surface area contributed by atoms with E-state index in [0.29, 0.717) is 6.54 Å². The summed E-state index contributed by atoms with van der Waals surface area (Å²) < 4.78 is 1.01. The molecule has 0 fully saturated rings. The van der Waals surface area contributed by atoms with Crippen molar-refractivity contribution in [3.63, 3.8) is 0 Å². The lowest BCUT2D eigenvalue weighted by Gasteiger charge is -2.09. The molecule has 3 N–H and O–H groups in total. The van der Waals surface area contributed by atoms with Crippen molar-refractivity contribution < 1.29 is 10.2 Å². The van der Waals surface area contributed by atoms with E-state index in [4.69, 9.17) is 10.2 Å². The molecule has 0 aliphatic heterocycles. The second-order valence-electron chi connectivity index (χ2n) is 2.72. The quantitative estimate of drug-likeness (QED) is 0.748. The van der Waals surface area contributed by atoms with E-state index >= 15 is 0 Å². The molecule has 0 aromatic heterocycles. The lowest BCUT2D eigenvalue weighted by atomic mass is 10.3. The highest BCUT2D eigenvalue weighted by molar-refractivity contribution is 9.10. The molecule has 13 heavy (non-hydrogen) atoms. The van der Waals surface area contributed by atoms with Crippen molar-refractivity contribution in [3.05, 3.63) is 28.7 Å². The molecule has 1 rings (SSSR count). The van der Waals surface area contributed by atoms with E-state index in [0.717, 1.165) is 10.2 Å². The van der Waals surface area contributed by atoms with Crippen LogP contribution in [0.4, 0.5) is 5.69 Å². The summed E-state index contributed by atoms with van der Waals surface area (Å²) >= 11 is 3.32. The van der Waals surface area contributed by atoms with E-state index < -0.39 is 6.10 Å². The standard InChI is InChI=1S/C9H12BrNO2/c10-7-1-3-8(4-2-7)11-5-9(13)6-12/h1-4,9,11-13H,5-6H2. The zero-order valence-corrected chi connectivity index (χ0v) is 8.66. The van der Waals surface area contributed by atoms with E-state index in [1.807, 2.05) is 24.3 Å². The number of anilines is 1.